The first kappa shape index (κ1) is 27.3. The molecule has 8 heteroatoms. The zero-order valence-corrected chi connectivity index (χ0v) is 24.1. The smallest absolute Gasteiger partial charge is 0.295 e. The molecule has 32 heavy (non-hydrogen) atoms. The fraction of sp³-hybridized carbons (Fsp3) is 0.833. The number of aromatic nitrogens is 2. The molecular formula is C24H47N3O3Si2. The van der Waals surface area contributed by atoms with E-state index in [0.717, 1.165) is 57.1 Å². The van der Waals surface area contributed by atoms with Crippen LogP contribution < -0.4 is 10.5 Å². The zero-order valence-electron chi connectivity index (χ0n) is 21.7. The van der Waals surface area contributed by atoms with E-state index in [1.807, 2.05) is 6.20 Å². The summed E-state index contributed by atoms with van der Waals surface area (Å²) in [7, 11) is -1.72. The summed E-state index contributed by atoms with van der Waals surface area (Å²) in [5, 5.41) is 0.320. The molecule has 0 amide bonds. The minimum absolute atomic E-state index is 0.0222. The van der Waals surface area contributed by atoms with Crippen molar-refractivity contribution in [2.75, 3.05) is 31.2 Å². The van der Waals surface area contributed by atoms with Gasteiger partial charge in [0.15, 0.2) is 15.6 Å². The van der Waals surface area contributed by atoms with Gasteiger partial charge in [-0.1, -0.05) is 47.3 Å². The molecule has 184 valence electrons. The molecule has 1 fully saturated rings. The molecule has 0 aromatic carbocycles. The van der Waals surface area contributed by atoms with E-state index >= 15 is 0 Å². The maximum absolute atomic E-state index is 13.1. The number of anilines is 1. The van der Waals surface area contributed by atoms with Gasteiger partial charge in [0, 0.05) is 40.6 Å². The Labute approximate surface area is 199 Å². The summed E-state index contributed by atoms with van der Waals surface area (Å²) in [5.74, 6) is 1.25. The summed E-state index contributed by atoms with van der Waals surface area (Å²) in [4.78, 5) is 20.1. The maximum atomic E-state index is 13.1. The summed E-state index contributed by atoms with van der Waals surface area (Å²) in [5.41, 5.74) is 0.943. The summed E-state index contributed by atoms with van der Waals surface area (Å²) in [6.45, 7) is 19.8. The molecule has 1 aromatic heterocycles. The monoisotopic (exact) mass is 481 g/mol. The minimum atomic E-state index is -1.15. The Balaban J connectivity index is 2.02. The third kappa shape index (κ3) is 9.11. The van der Waals surface area contributed by atoms with Gasteiger partial charge < -0.3 is 14.1 Å². The largest absolute Gasteiger partial charge is 0.423 e. The molecule has 2 heterocycles. The molecule has 1 aliphatic rings. The fourth-order valence-electron chi connectivity index (χ4n) is 3.51. The topological polar surface area (TPSA) is 56.6 Å². The second-order valence-electron chi connectivity index (χ2n) is 11.5. The van der Waals surface area contributed by atoms with Crippen molar-refractivity contribution in [3.8, 4) is 0 Å². The summed E-state index contributed by atoms with van der Waals surface area (Å²) in [6.07, 6.45) is 7.15. The predicted molar refractivity (Wildman–Crippen MR) is 140 cm³/mol. The van der Waals surface area contributed by atoms with Crippen LogP contribution in [0.4, 0.5) is 5.82 Å². The van der Waals surface area contributed by atoms with E-state index < -0.39 is 17.8 Å². The molecule has 0 saturated carbocycles. The molecule has 2 rings (SSSR count). The summed E-state index contributed by atoms with van der Waals surface area (Å²) in [6, 6.07) is 1.10. The van der Waals surface area contributed by atoms with Gasteiger partial charge in [-0.2, -0.15) is 0 Å². The van der Waals surface area contributed by atoms with Crippen LogP contribution in [0.3, 0.4) is 0 Å². The van der Waals surface area contributed by atoms with Crippen molar-refractivity contribution in [3.05, 3.63) is 22.2 Å². The molecule has 1 aromatic rings. The number of ether oxygens (including phenoxy) is 1. The molecule has 6 nitrogen and oxygen atoms in total. The summed E-state index contributed by atoms with van der Waals surface area (Å²) < 4.78 is 13.7. The first-order valence-electron chi connectivity index (χ1n) is 12.5. The van der Waals surface area contributed by atoms with Crippen molar-refractivity contribution in [2.24, 2.45) is 5.92 Å². The van der Waals surface area contributed by atoms with Crippen LogP contribution in [-0.2, 0) is 22.3 Å². The Hall–Kier alpha value is -0.966. The highest BCUT2D eigenvalue weighted by Crippen LogP contribution is 2.32. The van der Waals surface area contributed by atoms with Crippen molar-refractivity contribution >= 4 is 23.7 Å². The number of aryl methyl sites for hydroxylation is 1. The lowest BCUT2D eigenvalue weighted by molar-refractivity contribution is 0.0844. The zero-order chi connectivity index (χ0) is 23.8. The van der Waals surface area contributed by atoms with Gasteiger partial charge in [0.2, 0.25) is 0 Å². The minimum Gasteiger partial charge on any atom is -0.423 e. The Morgan fingerprint density at radius 1 is 1.16 bits per heavy atom. The molecular weight excluding hydrogens is 434 g/mol. The highest BCUT2D eigenvalue weighted by molar-refractivity contribution is 6.76. The molecule has 0 N–H and O–H groups in total. The Bertz CT molecular complexity index is 754. The molecule has 0 spiro atoms. The van der Waals surface area contributed by atoms with Crippen LogP contribution in [0.15, 0.2) is 11.0 Å². The van der Waals surface area contributed by atoms with Gasteiger partial charge in [-0.25, -0.2) is 4.98 Å². The van der Waals surface area contributed by atoms with Crippen molar-refractivity contribution in [3.63, 3.8) is 0 Å². The normalized spacial score (nSPS) is 15.9. The second kappa shape index (κ2) is 12.5. The van der Waals surface area contributed by atoms with Gasteiger partial charge in [-0.15, -0.1) is 0 Å². The second-order valence-corrected chi connectivity index (χ2v) is 19.7. The molecule has 0 unspecified atom stereocenters. The number of rotatable bonds is 13. The van der Waals surface area contributed by atoms with Crippen molar-refractivity contribution in [1.29, 1.82) is 0 Å². The van der Waals surface area contributed by atoms with Gasteiger partial charge in [0.25, 0.3) is 5.56 Å². The third-order valence-corrected chi connectivity index (χ3v) is 10.4. The maximum Gasteiger partial charge on any atom is 0.295 e. The lowest BCUT2D eigenvalue weighted by atomic mass is 9.99. The molecule has 0 atom stereocenters. The van der Waals surface area contributed by atoms with Crippen molar-refractivity contribution in [1.82, 2.24) is 9.55 Å². The highest BCUT2D eigenvalue weighted by atomic mass is 28.3. The van der Waals surface area contributed by atoms with Crippen LogP contribution in [0.5, 0.6) is 0 Å². The number of hydrogen-bond donors (Lipinski definition) is 0. The van der Waals surface area contributed by atoms with E-state index in [1.54, 1.807) is 4.57 Å². The molecule has 1 saturated heterocycles. The van der Waals surface area contributed by atoms with Gasteiger partial charge in [0.05, 0.1) is 5.69 Å². The standard InChI is InChI=1S/C24H47N3O3Si2/c1-20(2)24(3,4)31-30-15-11-12-21-18-27(19-29-16-17-32(5,6)7)23(28)22(25-21)26-13-9-8-10-14-26/h18,20H,8-17,19,31H2,1-7H3. The van der Waals surface area contributed by atoms with Crippen LogP contribution in [-0.4, -0.2) is 53.7 Å². The van der Waals surface area contributed by atoms with Gasteiger partial charge in [-0.05, 0) is 49.1 Å². The van der Waals surface area contributed by atoms with E-state index in [-0.39, 0.29) is 5.56 Å². The predicted octanol–water partition coefficient (Wildman–Crippen LogP) is 4.43. The molecule has 0 aliphatic carbocycles. The van der Waals surface area contributed by atoms with Crippen LogP contribution in [0.25, 0.3) is 0 Å². The van der Waals surface area contributed by atoms with E-state index in [2.05, 4.69) is 52.2 Å². The first-order valence-corrected chi connectivity index (χ1v) is 17.5. The quantitative estimate of drug-likeness (QED) is 0.308. The molecule has 0 radical (unpaired) electrons. The van der Waals surface area contributed by atoms with Crippen LogP contribution in [0, 0.1) is 5.92 Å². The van der Waals surface area contributed by atoms with Crippen LogP contribution >= 0.6 is 0 Å². The Morgan fingerprint density at radius 2 is 1.84 bits per heavy atom. The lowest BCUT2D eigenvalue weighted by Crippen LogP contribution is -2.37. The van der Waals surface area contributed by atoms with Gasteiger partial charge in [-0.3, -0.25) is 9.36 Å². The van der Waals surface area contributed by atoms with E-state index in [4.69, 9.17) is 14.1 Å². The SMILES string of the molecule is CC(C)C(C)(C)[SiH2]OCCCc1cn(COCC[Si](C)(C)C)c(=O)c(N2CCCCC2)n1. The average Bonchev–Trinajstić information content (AvgIpc) is 2.72. The fourth-order valence-corrected chi connectivity index (χ4v) is 5.47. The van der Waals surface area contributed by atoms with Gasteiger partial charge in [0.1, 0.15) is 6.73 Å². The Kier molecular flexibility index (Phi) is 10.6. The number of nitrogens with zero attached hydrogens (tertiary/aromatic N) is 3. The average molecular weight is 482 g/mol. The third-order valence-electron chi connectivity index (χ3n) is 6.65. The highest BCUT2D eigenvalue weighted by Gasteiger charge is 2.23. The van der Waals surface area contributed by atoms with Crippen molar-refractivity contribution < 1.29 is 9.16 Å². The molecule has 0 bridgehead atoms. The van der Waals surface area contributed by atoms with E-state index in [0.29, 0.717) is 30.1 Å². The van der Waals surface area contributed by atoms with Gasteiger partial charge >= 0.3 is 0 Å². The van der Waals surface area contributed by atoms with Crippen LogP contribution in [0.1, 0.15) is 59.1 Å². The Morgan fingerprint density at radius 3 is 2.47 bits per heavy atom. The molecule has 1 aliphatic heterocycles. The van der Waals surface area contributed by atoms with Crippen molar-refractivity contribution in [2.45, 2.75) is 97.3 Å². The van der Waals surface area contributed by atoms with E-state index in [1.165, 1.54) is 6.42 Å². The number of piperidine rings is 1. The lowest BCUT2D eigenvalue weighted by Gasteiger charge is -2.28. The summed E-state index contributed by atoms with van der Waals surface area (Å²) >= 11 is 0. The van der Waals surface area contributed by atoms with Crippen LogP contribution in [0.2, 0.25) is 30.7 Å². The first-order chi connectivity index (χ1) is 15.0. The number of hydrogen-bond acceptors (Lipinski definition) is 5. The van der Waals surface area contributed by atoms with E-state index in [9.17, 15) is 4.79 Å².